The number of nitrogens with two attached hydrogens (primary N) is 1. The van der Waals surface area contributed by atoms with Crippen molar-refractivity contribution in [2.24, 2.45) is 5.73 Å². The molecular weight excluding hydrogens is 330 g/mol. The maximum Gasteiger partial charge on any atom is 0.194 e. The topological polar surface area (TPSA) is 43.3 Å². The van der Waals surface area contributed by atoms with E-state index in [0.717, 1.165) is 20.2 Å². The maximum absolute atomic E-state index is 5.82. The second-order valence-corrected chi connectivity index (χ2v) is 6.53. The van der Waals surface area contributed by atoms with Crippen molar-refractivity contribution in [3.05, 3.63) is 46.0 Å². The Hall–Kier alpha value is -0.820. The zero-order chi connectivity index (χ0) is 12.5. The van der Waals surface area contributed by atoms with Crippen LogP contribution in [0.4, 0.5) is 0 Å². The molecule has 92 valence electrons. The van der Waals surface area contributed by atoms with Crippen molar-refractivity contribution in [1.82, 2.24) is 9.38 Å². The van der Waals surface area contributed by atoms with Crippen LogP contribution in [0.15, 0.2) is 50.2 Å². The van der Waals surface area contributed by atoms with Crippen molar-refractivity contribution in [3.63, 3.8) is 0 Å². The first-order valence-electron chi connectivity index (χ1n) is 5.36. The van der Waals surface area contributed by atoms with Crippen LogP contribution in [0.25, 0.3) is 4.96 Å². The summed E-state index contributed by atoms with van der Waals surface area (Å²) in [5.41, 5.74) is 6.89. The number of aromatic nitrogens is 2. The highest BCUT2D eigenvalue weighted by atomic mass is 79.9. The minimum absolute atomic E-state index is 0.497. The molecule has 1 aromatic carbocycles. The zero-order valence-corrected chi connectivity index (χ0v) is 12.6. The van der Waals surface area contributed by atoms with Gasteiger partial charge in [0.1, 0.15) is 5.03 Å². The monoisotopic (exact) mass is 339 g/mol. The van der Waals surface area contributed by atoms with Gasteiger partial charge in [-0.15, -0.1) is 11.3 Å². The van der Waals surface area contributed by atoms with Crippen molar-refractivity contribution in [2.45, 2.75) is 16.5 Å². The average molecular weight is 340 g/mol. The average Bonchev–Trinajstić information content (AvgIpc) is 2.92. The molecule has 18 heavy (non-hydrogen) atoms. The van der Waals surface area contributed by atoms with E-state index in [9.17, 15) is 0 Å². The van der Waals surface area contributed by atoms with E-state index in [4.69, 9.17) is 5.73 Å². The molecule has 0 aliphatic carbocycles. The van der Waals surface area contributed by atoms with Crippen molar-refractivity contribution in [1.29, 1.82) is 0 Å². The summed E-state index contributed by atoms with van der Waals surface area (Å²) < 4.78 is 3.14. The molecule has 2 N–H and O–H groups in total. The predicted octanol–water partition coefficient (Wildman–Crippen LogP) is 3.77. The largest absolute Gasteiger partial charge is 0.325 e. The van der Waals surface area contributed by atoms with E-state index < -0.39 is 0 Å². The number of halogens is 1. The molecule has 2 heterocycles. The van der Waals surface area contributed by atoms with E-state index in [1.54, 1.807) is 23.1 Å². The molecule has 0 fully saturated rings. The Morgan fingerprint density at radius 1 is 1.33 bits per heavy atom. The number of benzene rings is 1. The summed E-state index contributed by atoms with van der Waals surface area (Å²) in [5, 5.41) is 3.02. The summed E-state index contributed by atoms with van der Waals surface area (Å²) in [6.45, 7) is 0.497. The third-order valence-electron chi connectivity index (χ3n) is 2.55. The Morgan fingerprint density at radius 2 is 2.11 bits per heavy atom. The summed E-state index contributed by atoms with van der Waals surface area (Å²) in [7, 11) is 0. The third-order valence-corrected chi connectivity index (χ3v) is 4.86. The fourth-order valence-corrected chi connectivity index (χ4v) is 3.68. The van der Waals surface area contributed by atoms with Crippen LogP contribution in [0.5, 0.6) is 0 Å². The molecule has 0 spiro atoms. The lowest BCUT2D eigenvalue weighted by molar-refractivity contribution is 0.924. The minimum atomic E-state index is 0.497. The lowest BCUT2D eigenvalue weighted by atomic mass is 10.4. The van der Waals surface area contributed by atoms with E-state index in [1.807, 2.05) is 23.7 Å². The molecule has 0 saturated carbocycles. The molecule has 0 atom stereocenters. The lowest BCUT2D eigenvalue weighted by Crippen LogP contribution is -2.00. The summed E-state index contributed by atoms with van der Waals surface area (Å²) in [4.78, 5) is 6.77. The quantitative estimate of drug-likeness (QED) is 0.789. The van der Waals surface area contributed by atoms with Gasteiger partial charge < -0.3 is 5.73 Å². The SMILES string of the molecule is NCc1c(Sc2ccc(Br)cc2)nc2sccn12. The maximum atomic E-state index is 5.82. The normalized spacial score (nSPS) is 11.2. The van der Waals surface area contributed by atoms with Crippen molar-refractivity contribution in [2.75, 3.05) is 0 Å². The Kier molecular flexibility index (Phi) is 3.43. The Bertz CT molecular complexity index is 672. The summed E-state index contributed by atoms with van der Waals surface area (Å²) in [6, 6.07) is 8.21. The summed E-state index contributed by atoms with van der Waals surface area (Å²) in [6.07, 6.45) is 2.01. The van der Waals surface area contributed by atoms with Crippen LogP contribution < -0.4 is 5.73 Å². The lowest BCUT2D eigenvalue weighted by Gasteiger charge is -2.01. The fourth-order valence-electron chi connectivity index (χ4n) is 1.69. The number of rotatable bonds is 3. The van der Waals surface area contributed by atoms with Gasteiger partial charge in [0.2, 0.25) is 0 Å². The van der Waals surface area contributed by atoms with Gasteiger partial charge in [0, 0.05) is 27.5 Å². The van der Waals surface area contributed by atoms with Gasteiger partial charge in [-0.3, -0.25) is 4.40 Å². The van der Waals surface area contributed by atoms with E-state index in [0.29, 0.717) is 6.54 Å². The van der Waals surface area contributed by atoms with E-state index in [-0.39, 0.29) is 0 Å². The van der Waals surface area contributed by atoms with Gasteiger partial charge in [-0.1, -0.05) is 27.7 Å². The van der Waals surface area contributed by atoms with E-state index >= 15 is 0 Å². The van der Waals surface area contributed by atoms with Crippen molar-refractivity contribution in [3.8, 4) is 0 Å². The molecule has 0 bridgehead atoms. The van der Waals surface area contributed by atoms with Crippen LogP contribution in [0.1, 0.15) is 5.69 Å². The summed E-state index contributed by atoms with van der Waals surface area (Å²) >= 11 is 6.71. The van der Waals surface area contributed by atoms with Gasteiger partial charge in [0.25, 0.3) is 0 Å². The highest BCUT2D eigenvalue weighted by molar-refractivity contribution is 9.10. The van der Waals surface area contributed by atoms with Gasteiger partial charge in [-0.05, 0) is 24.3 Å². The smallest absolute Gasteiger partial charge is 0.194 e. The molecule has 0 aliphatic heterocycles. The number of fused-ring (bicyclic) bond motifs is 1. The van der Waals surface area contributed by atoms with Crippen LogP contribution in [-0.2, 0) is 6.54 Å². The second kappa shape index (κ2) is 5.05. The molecule has 0 amide bonds. The van der Waals surface area contributed by atoms with Gasteiger partial charge in [0.05, 0.1) is 5.69 Å². The first kappa shape index (κ1) is 12.2. The number of nitrogens with zero attached hydrogens (tertiary/aromatic N) is 2. The highest BCUT2D eigenvalue weighted by Crippen LogP contribution is 2.32. The first-order valence-corrected chi connectivity index (χ1v) is 7.85. The molecule has 0 unspecified atom stereocenters. The number of hydrogen-bond donors (Lipinski definition) is 1. The minimum Gasteiger partial charge on any atom is -0.325 e. The van der Waals surface area contributed by atoms with Gasteiger partial charge in [0.15, 0.2) is 4.96 Å². The number of thiazole rings is 1. The van der Waals surface area contributed by atoms with Gasteiger partial charge in [-0.25, -0.2) is 4.98 Å². The third kappa shape index (κ3) is 2.21. The van der Waals surface area contributed by atoms with Crippen LogP contribution in [0.3, 0.4) is 0 Å². The highest BCUT2D eigenvalue weighted by Gasteiger charge is 2.12. The Morgan fingerprint density at radius 3 is 2.83 bits per heavy atom. The first-order chi connectivity index (χ1) is 8.78. The molecule has 0 saturated heterocycles. The van der Waals surface area contributed by atoms with Gasteiger partial charge in [-0.2, -0.15) is 0 Å². The molecule has 6 heteroatoms. The second-order valence-electron chi connectivity index (χ2n) is 3.68. The molecule has 0 radical (unpaired) electrons. The number of imidazole rings is 1. The van der Waals surface area contributed by atoms with Crippen LogP contribution in [0.2, 0.25) is 0 Å². The molecule has 3 aromatic rings. The molecule has 3 nitrogen and oxygen atoms in total. The van der Waals surface area contributed by atoms with Crippen LogP contribution in [-0.4, -0.2) is 9.38 Å². The fraction of sp³-hybridized carbons (Fsp3) is 0.0833. The zero-order valence-electron chi connectivity index (χ0n) is 9.34. The van der Waals surface area contributed by atoms with Crippen LogP contribution in [0, 0.1) is 0 Å². The summed E-state index contributed by atoms with van der Waals surface area (Å²) in [5.74, 6) is 0. The number of hydrogen-bond acceptors (Lipinski definition) is 4. The van der Waals surface area contributed by atoms with Crippen LogP contribution >= 0.6 is 39.0 Å². The Labute approximate surface area is 121 Å². The van der Waals surface area contributed by atoms with E-state index in [2.05, 4.69) is 37.4 Å². The molecule has 3 rings (SSSR count). The molecule has 2 aromatic heterocycles. The van der Waals surface area contributed by atoms with Crippen molar-refractivity contribution >= 4 is 44.0 Å². The standard InChI is InChI=1S/C12H10BrN3S2/c13-8-1-3-9(4-2-8)18-11-10(7-14)16-5-6-17-12(16)15-11/h1-6H,7,14H2. The van der Waals surface area contributed by atoms with E-state index in [1.165, 1.54) is 4.90 Å². The van der Waals surface area contributed by atoms with Gasteiger partial charge >= 0.3 is 0 Å². The Balaban J connectivity index is 1.98. The predicted molar refractivity (Wildman–Crippen MR) is 79.2 cm³/mol. The molecule has 0 aliphatic rings. The van der Waals surface area contributed by atoms with Crippen molar-refractivity contribution < 1.29 is 0 Å². The molecular formula is C12H10BrN3S2.